The van der Waals surface area contributed by atoms with Crippen molar-refractivity contribution in [3.05, 3.63) is 58.7 Å². The molecule has 0 bridgehead atoms. The van der Waals surface area contributed by atoms with Crippen LogP contribution in [0.1, 0.15) is 103 Å². The largest absolute Gasteiger partial charge is 0.465 e. The van der Waals surface area contributed by atoms with E-state index in [9.17, 15) is 4.79 Å². The number of rotatable bonds is 5. The second-order valence-corrected chi connectivity index (χ2v) is 9.58. The van der Waals surface area contributed by atoms with Crippen LogP contribution in [0.5, 0.6) is 0 Å². The minimum absolute atomic E-state index is 0.273. The first kappa shape index (κ1) is 21.9. The van der Waals surface area contributed by atoms with E-state index in [2.05, 4.69) is 36.2 Å². The summed E-state index contributed by atoms with van der Waals surface area (Å²) in [6.45, 7) is 1.98. The van der Waals surface area contributed by atoms with Crippen molar-refractivity contribution in [1.29, 1.82) is 0 Å². The third-order valence-corrected chi connectivity index (χ3v) is 7.51. The highest BCUT2D eigenvalue weighted by molar-refractivity contribution is 5.91. The Morgan fingerprint density at radius 1 is 0.806 bits per heavy atom. The number of esters is 1. The molecule has 0 heterocycles. The standard InChI is InChI=1S/C28H37NO2/c1-20-16-25(14-15-27(20)28(30)31-3)29(2)26-18-23(21-10-6-4-7-11-21)17-24(19-26)22-12-8-5-9-13-22/h14-19,21-22H,4-13H2,1-3H3. The van der Waals surface area contributed by atoms with Gasteiger partial charge in [0.05, 0.1) is 12.7 Å². The zero-order valence-electron chi connectivity index (χ0n) is 19.5. The number of methoxy groups -OCH3 is 1. The average molecular weight is 420 g/mol. The SMILES string of the molecule is COC(=O)c1ccc(N(C)c2cc(C3CCCCC3)cc(C3CCCCC3)c2)cc1C. The van der Waals surface area contributed by atoms with Crippen LogP contribution in [0.15, 0.2) is 36.4 Å². The van der Waals surface area contributed by atoms with E-state index in [4.69, 9.17) is 4.74 Å². The molecule has 3 heteroatoms. The van der Waals surface area contributed by atoms with Gasteiger partial charge in [-0.15, -0.1) is 0 Å². The van der Waals surface area contributed by atoms with Crippen molar-refractivity contribution in [2.75, 3.05) is 19.1 Å². The van der Waals surface area contributed by atoms with E-state index in [1.165, 1.54) is 88.1 Å². The van der Waals surface area contributed by atoms with Gasteiger partial charge < -0.3 is 9.64 Å². The quantitative estimate of drug-likeness (QED) is 0.466. The average Bonchev–Trinajstić information content (AvgIpc) is 2.84. The second kappa shape index (κ2) is 9.89. The van der Waals surface area contributed by atoms with Gasteiger partial charge in [0.25, 0.3) is 0 Å². The highest BCUT2D eigenvalue weighted by Crippen LogP contribution is 2.40. The molecule has 2 saturated carbocycles. The van der Waals surface area contributed by atoms with E-state index in [0.717, 1.165) is 11.3 Å². The number of benzene rings is 2. The number of carbonyl (C=O) groups excluding carboxylic acids is 1. The van der Waals surface area contributed by atoms with Crippen LogP contribution in [0.25, 0.3) is 0 Å². The summed E-state index contributed by atoms with van der Waals surface area (Å²) >= 11 is 0. The monoisotopic (exact) mass is 419 g/mol. The lowest BCUT2D eigenvalue weighted by Crippen LogP contribution is -2.14. The van der Waals surface area contributed by atoms with Gasteiger partial charge in [-0.2, -0.15) is 0 Å². The molecular weight excluding hydrogens is 382 g/mol. The highest BCUT2D eigenvalue weighted by atomic mass is 16.5. The maximum absolute atomic E-state index is 12.0. The predicted octanol–water partition coefficient (Wildman–Crippen LogP) is 7.64. The minimum Gasteiger partial charge on any atom is -0.465 e. The summed E-state index contributed by atoms with van der Waals surface area (Å²) in [4.78, 5) is 14.3. The maximum atomic E-state index is 12.0. The van der Waals surface area contributed by atoms with Crippen molar-refractivity contribution >= 4 is 17.3 Å². The Hall–Kier alpha value is -2.29. The molecule has 2 fully saturated rings. The number of carbonyl (C=O) groups is 1. The van der Waals surface area contributed by atoms with E-state index in [1.807, 2.05) is 19.1 Å². The van der Waals surface area contributed by atoms with Crippen LogP contribution >= 0.6 is 0 Å². The smallest absolute Gasteiger partial charge is 0.338 e. The molecule has 3 nitrogen and oxygen atoms in total. The predicted molar refractivity (Wildman–Crippen MR) is 129 cm³/mol. The van der Waals surface area contributed by atoms with E-state index in [0.29, 0.717) is 17.4 Å². The number of hydrogen-bond donors (Lipinski definition) is 0. The molecule has 2 aromatic rings. The second-order valence-electron chi connectivity index (χ2n) is 9.58. The number of aryl methyl sites for hydroxylation is 1. The van der Waals surface area contributed by atoms with E-state index < -0.39 is 0 Å². The summed E-state index contributed by atoms with van der Waals surface area (Å²) in [7, 11) is 3.59. The molecule has 0 saturated heterocycles. The first-order chi connectivity index (χ1) is 15.1. The molecule has 0 spiro atoms. The molecule has 0 aliphatic heterocycles. The summed E-state index contributed by atoms with van der Waals surface area (Å²) in [5.74, 6) is 1.13. The van der Waals surface area contributed by atoms with Gasteiger partial charge in [-0.1, -0.05) is 44.6 Å². The fourth-order valence-corrected chi connectivity index (χ4v) is 5.54. The molecule has 2 aliphatic carbocycles. The normalized spacial score (nSPS) is 18.0. The Kier molecular flexibility index (Phi) is 6.99. The van der Waals surface area contributed by atoms with Crippen LogP contribution in [0.2, 0.25) is 0 Å². The van der Waals surface area contributed by atoms with E-state index >= 15 is 0 Å². The Morgan fingerprint density at radius 2 is 1.35 bits per heavy atom. The lowest BCUT2D eigenvalue weighted by atomic mass is 9.79. The number of hydrogen-bond acceptors (Lipinski definition) is 3. The minimum atomic E-state index is -0.273. The number of nitrogens with zero attached hydrogens (tertiary/aromatic N) is 1. The Balaban J connectivity index is 1.68. The summed E-state index contributed by atoms with van der Waals surface area (Å²) in [5, 5.41) is 0. The molecule has 4 rings (SSSR count). The molecule has 0 unspecified atom stereocenters. The van der Waals surface area contributed by atoms with Gasteiger partial charge in [-0.3, -0.25) is 0 Å². The maximum Gasteiger partial charge on any atom is 0.338 e. The Labute approximate surface area is 187 Å². The van der Waals surface area contributed by atoms with E-state index in [1.54, 1.807) is 0 Å². The zero-order valence-corrected chi connectivity index (χ0v) is 19.5. The summed E-state index contributed by atoms with van der Waals surface area (Å²) < 4.78 is 4.92. The van der Waals surface area contributed by atoms with Crippen LogP contribution in [0, 0.1) is 6.92 Å². The van der Waals surface area contributed by atoms with Crippen molar-refractivity contribution in [3.8, 4) is 0 Å². The molecule has 166 valence electrons. The molecule has 0 amide bonds. The number of ether oxygens (including phenoxy) is 1. The van der Waals surface area contributed by atoms with Gasteiger partial charge in [0, 0.05) is 18.4 Å². The lowest BCUT2D eigenvalue weighted by Gasteiger charge is -2.29. The lowest BCUT2D eigenvalue weighted by molar-refractivity contribution is 0.0600. The number of anilines is 2. The molecule has 0 aromatic heterocycles. The van der Waals surface area contributed by atoms with Gasteiger partial charge >= 0.3 is 5.97 Å². The summed E-state index contributed by atoms with van der Waals surface area (Å²) in [6.07, 6.45) is 13.5. The fraction of sp³-hybridized carbons (Fsp3) is 0.536. The zero-order chi connectivity index (χ0) is 21.8. The molecule has 2 aliphatic rings. The van der Waals surface area contributed by atoms with Gasteiger partial charge in [0.2, 0.25) is 0 Å². The Bertz CT molecular complexity index is 871. The van der Waals surface area contributed by atoms with Crippen LogP contribution in [0.3, 0.4) is 0 Å². The van der Waals surface area contributed by atoms with Crippen LogP contribution < -0.4 is 4.90 Å². The molecule has 2 aromatic carbocycles. The van der Waals surface area contributed by atoms with Crippen molar-refractivity contribution in [1.82, 2.24) is 0 Å². The third kappa shape index (κ3) is 4.97. The molecular formula is C28H37NO2. The van der Waals surface area contributed by atoms with Crippen molar-refractivity contribution in [3.63, 3.8) is 0 Å². The van der Waals surface area contributed by atoms with Gasteiger partial charge in [0.15, 0.2) is 0 Å². The summed E-state index contributed by atoms with van der Waals surface area (Å²) in [6, 6.07) is 13.4. The van der Waals surface area contributed by atoms with Crippen LogP contribution in [-0.2, 0) is 4.74 Å². The van der Waals surface area contributed by atoms with Crippen LogP contribution in [0.4, 0.5) is 11.4 Å². The van der Waals surface area contributed by atoms with Crippen molar-refractivity contribution in [2.24, 2.45) is 0 Å². The van der Waals surface area contributed by atoms with Crippen molar-refractivity contribution < 1.29 is 9.53 Å². The van der Waals surface area contributed by atoms with Gasteiger partial charge in [-0.25, -0.2) is 4.79 Å². The molecule has 0 radical (unpaired) electrons. The first-order valence-corrected chi connectivity index (χ1v) is 12.1. The van der Waals surface area contributed by atoms with Crippen molar-refractivity contribution in [2.45, 2.75) is 83.0 Å². The molecule has 31 heavy (non-hydrogen) atoms. The first-order valence-electron chi connectivity index (χ1n) is 12.1. The topological polar surface area (TPSA) is 29.5 Å². The van der Waals surface area contributed by atoms with E-state index in [-0.39, 0.29) is 5.97 Å². The fourth-order valence-electron chi connectivity index (χ4n) is 5.54. The van der Waals surface area contributed by atoms with Gasteiger partial charge in [0.1, 0.15) is 0 Å². The van der Waals surface area contributed by atoms with Gasteiger partial charge in [-0.05, 0) is 91.5 Å². The molecule has 0 atom stereocenters. The van der Waals surface area contributed by atoms with Crippen LogP contribution in [-0.4, -0.2) is 20.1 Å². The summed E-state index contributed by atoms with van der Waals surface area (Å²) in [5.41, 5.74) is 7.04. The Morgan fingerprint density at radius 3 is 1.84 bits per heavy atom. The third-order valence-electron chi connectivity index (χ3n) is 7.51. The highest BCUT2D eigenvalue weighted by Gasteiger charge is 2.22. The molecule has 0 N–H and O–H groups in total.